The lowest BCUT2D eigenvalue weighted by Gasteiger charge is -2.31. The first-order valence-electron chi connectivity index (χ1n) is 7.04. The lowest BCUT2D eigenvalue weighted by molar-refractivity contribution is -0.149. The minimum Gasteiger partial charge on any atom is -0.466 e. The van der Waals surface area contributed by atoms with E-state index in [2.05, 4.69) is 0 Å². The van der Waals surface area contributed by atoms with Gasteiger partial charge in [-0.25, -0.2) is 0 Å². The van der Waals surface area contributed by atoms with Crippen LogP contribution in [0.3, 0.4) is 0 Å². The molecule has 1 heterocycles. The van der Waals surface area contributed by atoms with Crippen molar-refractivity contribution in [1.82, 2.24) is 4.90 Å². The Morgan fingerprint density at radius 1 is 1.48 bits per heavy atom. The van der Waals surface area contributed by atoms with Crippen molar-refractivity contribution in [2.45, 2.75) is 19.8 Å². The molecule has 1 saturated heterocycles. The van der Waals surface area contributed by atoms with Gasteiger partial charge in [0.1, 0.15) is 0 Å². The lowest BCUT2D eigenvalue weighted by atomic mass is 9.97. The number of nitrogen functional groups attached to an aromatic ring is 1. The summed E-state index contributed by atoms with van der Waals surface area (Å²) in [6.45, 7) is 3.10. The maximum Gasteiger partial charge on any atom is 0.310 e. The van der Waals surface area contributed by atoms with E-state index >= 15 is 0 Å². The number of carbonyl (C=O) groups is 2. The van der Waals surface area contributed by atoms with Crippen LogP contribution >= 0.6 is 11.6 Å². The van der Waals surface area contributed by atoms with Crippen molar-refractivity contribution >= 4 is 29.2 Å². The van der Waals surface area contributed by atoms with E-state index in [4.69, 9.17) is 22.1 Å². The Morgan fingerprint density at radius 2 is 2.24 bits per heavy atom. The average Bonchev–Trinajstić information content (AvgIpc) is 2.49. The summed E-state index contributed by atoms with van der Waals surface area (Å²) in [7, 11) is 0. The molecule has 1 amide bonds. The Bertz CT molecular complexity index is 548. The van der Waals surface area contributed by atoms with Crippen LogP contribution in [-0.4, -0.2) is 36.5 Å². The van der Waals surface area contributed by atoms with Gasteiger partial charge in [0, 0.05) is 23.8 Å². The largest absolute Gasteiger partial charge is 0.466 e. The third-order valence-corrected chi connectivity index (χ3v) is 3.81. The van der Waals surface area contributed by atoms with Gasteiger partial charge in [-0.05, 0) is 38.0 Å². The number of likely N-dealkylation sites (tertiary alicyclic amines) is 1. The van der Waals surface area contributed by atoms with E-state index in [0.717, 1.165) is 12.8 Å². The Morgan fingerprint density at radius 3 is 2.95 bits per heavy atom. The van der Waals surface area contributed by atoms with E-state index in [9.17, 15) is 9.59 Å². The molecule has 1 aliphatic heterocycles. The number of carbonyl (C=O) groups excluding carboxylic acids is 2. The Labute approximate surface area is 129 Å². The van der Waals surface area contributed by atoms with Gasteiger partial charge < -0.3 is 15.4 Å². The number of benzene rings is 1. The molecule has 0 aliphatic carbocycles. The highest BCUT2D eigenvalue weighted by Gasteiger charge is 2.30. The summed E-state index contributed by atoms with van der Waals surface area (Å²) >= 11 is 5.92. The van der Waals surface area contributed by atoms with Crippen LogP contribution in [0.4, 0.5) is 5.69 Å². The summed E-state index contributed by atoms with van der Waals surface area (Å²) in [5.74, 6) is -0.693. The minimum absolute atomic E-state index is 0.191. The number of halogens is 1. The number of nitrogens with zero attached hydrogens (tertiary/aromatic N) is 1. The highest BCUT2D eigenvalue weighted by atomic mass is 35.5. The topological polar surface area (TPSA) is 72.6 Å². The number of esters is 1. The molecule has 2 N–H and O–H groups in total. The molecule has 1 aromatic carbocycles. The Balaban J connectivity index is 2.12. The van der Waals surface area contributed by atoms with Gasteiger partial charge in [-0.2, -0.15) is 0 Å². The van der Waals surface area contributed by atoms with Gasteiger partial charge in [-0.1, -0.05) is 11.6 Å². The third kappa shape index (κ3) is 3.67. The zero-order valence-corrected chi connectivity index (χ0v) is 12.7. The van der Waals surface area contributed by atoms with Crippen molar-refractivity contribution in [3.05, 3.63) is 28.8 Å². The quantitative estimate of drug-likeness (QED) is 0.687. The molecule has 0 aromatic heterocycles. The van der Waals surface area contributed by atoms with Crippen LogP contribution in [0.15, 0.2) is 18.2 Å². The molecule has 1 aromatic rings. The molecule has 5 nitrogen and oxygen atoms in total. The predicted octanol–water partition coefficient (Wildman–Crippen LogP) is 2.34. The van der Waals surface area contributed by atoms with E-state index in [0.29, 0.717) is 36.0 Å². The smallest absolute Gasteiger partial charge is 0.310 e. The monoisotopic (exact) mass is 310 g/mol. The molecular weight excluding hydrogens is 292 g/mol. The molecule has 2 rings (SSSR count). The summed E-state index contributed by atoms with van der Waals surface area (Å²) in [4.78, 5) is 26.0. The van der Waals surface area contributed by atoms with Crippen LogP contribution in [-0.2, 0) is 9.53 Å². The molecule has 1 aliphatic rings. The third-order valence-electron chi connectivity index (χ3n) is 3.57. The van der Waals surface area contributed by atoms with Gasteiger partial charge in [0.2, 0.25) is 0 Å². The highest BCUT2D eigenvalue weighted by molar-refractivity contribution is 6.31. The number of ether oxygens (including phenoxy) is 1. The molecule has 1 fully saturated rings. The zero-order chi connectivity index (χ0) is 15.4. The molecular formula is C15H19ClN2O3. The number of hydrogen-bond acceptors (Lipinski definition) is 4. The van der Waals surface area contributed by atoms with Gasteiger partial charge in [-0.3, -0.25) is 9.59 Å². The van der Waals surface area contributed by atoms with Crippen molar-refractivity contribution < 1.29 is 14.3 Å². The van der Waals surface area contributed by atoms with Crippen molar-refractivity contribution in [3.63, 3.8) is 0 Å². The van der Waals surface area contributed by atoms with Crippen LogP contribution in [0, 0.1) is 5.92 Å². The molecule has 1 unspecified atom stereocenters. The molecule has 1 atom stereocenters. The SMILES string of the molecule is CCOC(=O)C1CCCN(C(=O)c2cc(Cl)ccc2N)C1. The molecule has 0 bridgehead atoms. The second-order valence-electron chi connectivity index (χ2n) is 5.07. The average molecular weight is 311 g/mol. The molecule has 114 valence electrons. The Hall–Kier alpha value is -1.75. The van der Waals surface area contributed by atoms with Crippen LogP contribution < -0.4 is 5.73 Å². The maximum absolute atomic E-state index is 12.5. The van der Waals surface area contributed by atoms with E-state index in [1.807, 2.05) is 0 Å². The fourth-order valence-electron chi connectivity index (χ4n) is 2.50. The van der Waals surface area contributed by atoms with Gasteiger partial charge in [0.15, 0.2) is 0 Å². The number of amides is 1. The standard InChI is InChI=1S/C15H19ClN2O3/c1-2-21-15(20)10-4-3-7-18(9-10)14(19)12-8-11(16)5-6-13(12)17/h5-6,8,10H,2-4,7,9,17H2,1H3. The minimum atomic E-state index is -0.261. The first-order valence-corrected chi connectivity index (χ1v) is 7.41. The highest BCUT2D eigenvalue weighted by Crippen LogP contribution is 2.24. The van der Waals surface area contributed by atoms with Gasteiger partial charge in [0.05, 0.1) is 18.1 Å². The van der Waals surface area contributed by atoms with Gasteiger partial charge in [0.25, 0.3) is 5.91 Å². The van der Waals surface area contributed by atoms with Crippen LogP contribution in [0.5, 0.6) is 0 Å². The summed E-state index contributed by atoms with van der Waals surface area (Å²) < 4.78 is 5.04. The number of rotatable bonds is 3. The number of piperidine rings is 1. The summed E-state index contributed by atoms with van der Waals surface area (Å²) in [5.41, 5.74) is 6.61. The van der Waals surface area contributed by atoms with Crippen LogP contribution in [0.1, 0.15) is 30.1 Å². The maximum atomic E-state index is 12.5. The fraction of sp³-hybridized carbons (Fsp3) is 0.467. The van der Waals surface area contributed by atoms with Crippen LogP contribution in [0.2, 0.25) is 5.02 Å². The van der Waals surface area contributed by atoms with Crippen molar-refractivity contribution in [1.29, 1.82) is 0 Å². The first kappa shape index (κ1) is 15.6. The van der Waals surface area contributed by atoms with E-state index in [1.54, 1.807) is 30.0 Å². The second kappa shape index (κ2) is 6.80. The van der Waals surface area contributed by atoms with Crippen molar-refractivity contribution in [2.24, 2.45) is 5.92 Å². The molecule has 0 saturated carbocycles. The van der Waals surface area contributed by atoms with Crippen molar-refractivity contribution in [3.8, 4) is 0 Å². The zero-order valence-electron chi connectivity index (χ0n) is 12.0. The normalized spacial score (nSPS) is 18.4. The predicted molar refractivity (Wildman–Crippen MR) is 81.1 cm³/mol. The van der Waals surface area contributed by atoms with E-state index in [-0.39, 0.29) is 17.8 Å². The van der Waals surface area contributed by atoms with Gasteiger partial charge in [-0.15, -0.1) is 0 Å². The number of anilines is 1. The lowest BCUT2D eigenvalue weighted by Crippen LogP contribution is -2.43. The molecule has 6 heteroatoms. The summed E-state index contributed by atoms with van der Waals surface area (Å²) in [6, 6.07) is 4.82. The number of hydrogen-bond donors (Lipinski definition) is 1. The van der Waals surface area contributed by atoms with Gasteiger partial charge >= 0.3 is 5.97 Å². The summed E-state index contributed by atoms with van der Waals surface area (Å²) in [6.07, 6.45) is 1.52. The fourth-order valence-corrected chi connectivity index (χ4v) is 2.67. The summed E-state index contributed by atoms with van der Waals surface area (Å²) in [5, 5.41) is 0.464. The van der Waals surface area contributed by atoms with E-state index in [1.165, 1.54) is 0 Å². The number of nitrogens with two attached hydrogens (primary N) is 1. The molecule has 0 radical (unpaired) electrons. The van der Waals surface area contributed by atoms with Crippen molar-refractivity contribution in [2.75, 3.05) is 25.4 Å². The van der Waals surface area contributed by atoms with Crippen LogP contribution in [0.25, 0.3) is 0 Å². The first-order chi connectivity index (χ1) is 10.0. The molecule has 21 heavy (non-hydrogen) atoms. The van der Waals surface area contributed by atoms with E-state index < -0.39 is 0 Å². The Kier molecular flexibility index (Phi) is 5.07. The second-order valence-corrected chi connectivity index (χ2v) is 5.51. The molecule has 0 spiro atoms.